The van der Waals surface area contributed by atoms with Crippen LogP contribution in [-0.4, -0.2) is 16.1 Å². The Morgan fingerprint density at radius 2 is 1.73 bits per heavy atom. The minimum atomic E-state index is -0.838. The highest BCUT2D eigenvalue weighted by atomic mass is 32.2. The van der Waals surface area contributed by atoms with Crippen molar-refractivity contribution in [3.63, 3.8) is 0 Å². The van der Waals surface area contributed by atoms with Gasteiger partial charge in [-0.15, -0.1) is 0 Å². The van der Waals surface area contributed by atoms with Crippen LogP contribution in [0.4, 0.5) is 0 Å². The fourth-order valence-corrected chi connectivity index (χ4v) is 2.02. The number of hydrogen-bond acceptors (Lipinski definition) is 2. The maximum absolute atomic E-state index is 11.9. The summed E-state index contributed by atoms with van der Waals surface area (Å²) in [7, 11) is 0.804. The van der Waals surface area contributed by atoms with Gasteiger partial charge in [-0.05, 0) is 38.5 Å². The van der Waals surface area contributed by atoms with Crippen LogP contribution in [0.5, 0.6) is 5.75 Å². The number of hydrogen-bond donors (Lipinski definition) is 0. The lowest BCUT2D eigenvalue weighted by molar-refractivity contribution is 0.414. The molecule has 0 saturated carbocycles. The van der Waals surface area contributed by atoms with Crippen molar-refractivity contribution in [2.45, 2.75) is 31.3 Å². The monoisotopic (exact) mass is 226 g/mol. The molecule has 1 rings (SSSR count). The molecule has 0 spiro atoms. The predicted octanol–water partition coefficient (Wildman–Crippen LogP) is 2.74. The molecule has 3 heteroatoms. The molecule has 0 radical (unpaired) electrons. The molecule has 0 unspecified atom stereocenters. The van der Waals surface area contributed by atoms with E-state index in [0.29, 0.717) is 5.75 Å². The van der Waals surface area contributed by atoms with E-state index < -0.39 is 10.8 Å². The molecule has 0 bridgehead atoms. The van der Waals surface area contributed by atoms with Crippen LogP contribution in [-0.2, 0) is 16.6 Å². The van der Waals surface area contributed by atoms with E-state index in [1.165, 1.54) is 0 Å². The molecule has 1 atom stereocenters. The molecular formula is C12H18O2S. The molecule has 84 valence electrons. The summed E-state index contributed by atoms with van der Waals surface area (Å²) in [6.07, 6.45) is 0. The zero-order valence-electron chi connectivity index (χ0n) is 9.74. The van der Waals surface area contributed by atoms with Gasteiger partial charge in [0.25, 0.3) is 0 Å². The second-order valence-corrected chi connectivity index (χ2v) is 6.65. The zero-order chi connectivity index (χ0) is 11.5. The van der Waals surface area contributed by atoms with E-state index in [1.807, 2.05) is 45.0 Å². The normalized spacial score (nSPS) is 13.6. The average molecular weight is 226 g/mol. The third kappa shape index (κ3) is 3.67. The molecular weight excluding hydrogens is 208 g/mol. The lowest BCUT2D eigenvalue weighted by atomic mass is 10.2. The first kappa shape index (κ1) is 12.2. The Hall–Kier alpha value is -0.830. The SMILES string of the molecule is COc1ccc(C[S@](=O)C(C)(C)C)cc1. The highest BCUT2D eigenvalue weighted by Crippen LogP contribution is 2.18. The third-order valence-electron chi connectivity index (χ3n) is 2.14. The van der Waals surface area contributed by atoms with Gasteiger partial charge in [-0.2, -0.15) is 0 Å². The molecule has 0 aliphatic rings. The molecule has 1 aromatic carbocycles. The first-order valence-corrected chi connectivity index (χ1v) is 6.27. The molecule has 15 heavy (non-hydrogen) atoms. The van der Waals surface area contributed by atoms with E-state index >= 15 is 0 Å². The van der Waals surface area contributed by atoms with Crippen molar-refractivity contribution in [1.82, 2.24) is 0 Å². The van der Waals surface area contributed by atoms with Crippen molar-refractivity contribution in [2.24, 2.45) is 0 Å². The number of methoxy groups -OCH3 is 1. The quantitative estimate of drug-likeness (QED) is 0.792. The van der Waals surface area contributed by atoms with Gasteiger partial charge in [-0.1, -0.05) is 12.1 Å². The summed E-state index contributed by atoms with van der Waals surface area (Å²) in [5.74, 6) is 1.44. The molecule has 1 aromatic rings. The van der Waals surface area contributed by atoms with Gasteiger partial charge in [-0.25, -0.2) is 0 Å². The first-order valence-electron chi connectivity index (χ1n) is 4.95. The van der Waals surface area contributed by atoms with Crippen LogP contribution in [0.25, 0.3) is 0 Å². The summed E-state index contributed by atoms with van der Waals surface area (Å²) >= 11 is 0. The molecule has 0 heterocycles. The van der Waals surface area contributed by atoms with Crippen molar-refractivity contribution in [2.75, 3.05) is 7.11 Å². The van der Waals surface area contributed by atoms with Gasteiger partial charge in [0, 0.05) is 21.3 Å². The topological polar surface area (TPSA) is 26.3 Å². The smallest absolute Gasteiger partial charge is 0.118 e. The van der Waals surface area contributed by atoms with E-state index in [-0.39, 0.29) is 4.75 Å². The van der Waals surface area contributed by atoms with Crippen molar-refractivity contribution in [1.29, 1.82) is 0 Å². The molecule has 2 nitrogen and oxygen atoms in total. The number of rotatable bonds is 3. The molecule has 0 amide bonds. The summed E-state index contributed by atoms with van der Waals surface area (Å²) in [5.41, 5.74) is 1.09. The maximum Gasteiger partial charge on any atom is 0.118 e. The largest absolute Gasteiger partial charge is 0.497 e. The second kappa shape index (κ2) is 4.79. The fraction of sp³-hybridized carbons (Fsp3) is 0.500. The van der Waals surface area contributed by atoms with Gasteiger partial charge in [0.1, 0.15) is 5.75 Å². The van der Waals surface area contributed by atoms with Crippen LogP contribution >= 0.6 is 0 Å². The van der Waals surface area contributed by atoms with E-state index in [2.05, 4.69) is 0 Å². The Balaban J connectivity index is 2.70. The number of ether oxygens (including phenoxy) is 1. The van der Waals surface area contributed by atoms with Crippen molar-refractivity contribution in [3.05, 3.63) is 29.8 Å². The minimum absolute atomic E-state index is 0.153. The molecule has 0 aliphatic carbocycles. The first-order chi connectivity index (χ1) is 6.93. The summed E-state index contributed by atoms with van der Waals surface area (Å²) in [5, 5.41) is 0. The van der Waals surface area contributed by atoms with Crippen LogP contribution in [0.3, 0.4) is 0 Å². The van der Waals surface area contributed by atoms with Gasteiger partial charge in [0.2, 0.25) is 0 Å². The second-order valence-electron chi connectivity index (χ2n) is 4.45. The van der Waals surface area contributed by atoms with Gasteiger partial charge >= 0.3 is 0 Å². The lowest BCUT2D eigenvalue weighted by Crippen LogP contribution is -2.22. The van der Waals surface area contributed by atoms with Gasteiger partial charge < -0.3 is 4.74 Å². The third-order valence-corrected chi connectivity index (χ3v) is 4.10. The molecule has 0 fully saturated rings. The fourth-order valence-electron chi connectivity index (χ4n) is 1.09. The highest BCUT2D eigenvalue weighted by Gasteiger charge is 2.19. The van der Waals surface area contributed by atoms with Crippen molar-refractivity contribution in [3.8, 4) is 5.75 Å². The summed E-state index contributed by atoms with van der Waals surface area (Å²) < 4.78 is 16.8. The Morgan fingerprint density at radius 1 is 1.20 bits per heavy atom. The Bertz CT molecular complexity index is 336. The van der Waals surface area contributed by atoms with E-state index in [4.69, 9.17) is 4.74 Å². The maximum atomic E-state index is 11.9. The van der Waals surface area contributed by atoms with Gasteiger partial charge in [0.05, 0.1) is 7.11 Å². The summed E-state index contributed by atoms with van der Waals surface area (Å²) in [6, 6.07) is 7.72. The van der Waals surface area contributed by atoms with E-state index in [9.17, 15) is 4.21 Å². The van der Waals surface area contributed by atoms with Crippen LogP contribution in [0.2, 0.25) is 0 Å². The average Bonchev–Trinajstić information content (AvgIpc) is 2.17. The highest BCUT2D eigenvalue weighted by molar-refractivity contribution is 7.85. The van der Waals surface area contributed by atoms with Crippen LogP contribution in [0.1, 0.15) is 26.3 Å². The predicted molar refractivity (Wildman–Crippen MR) is 64.6 cm³/mol. The molecule has 0 aromatic heterocycles. The van der Waals surface area contributed by atoms with Crippen LogP contribution in [0, 0.1) is 0 Å². The summed E-state index contributed by atoms with van der Waals surface area (Å²) in [4.78, 5) is 0. The van der Waals surface area contributed by atoms with Crippen molar-refractivity contribution >= 4 is 10.8 Å². The number of benzene rings is 1. The van der Waals surface area contributed by atoms with E-state index in [0.717, 1.165) is 11.3 Å². The molecule has 0 N–H and O–H groups in total. The Morgan fingerprint density at radius 3 is 2.13 bits per heavy atom. The van der Waals surface area contributed by atoms with Crippen LogP contribution in [0.15, 0.2) is 24.3 Å². The zero-order valence-corrected chi connectivity index (χ0v) is 10.6. The minimum Gasteiger partial charge on any atom is -0.497 e. The van der Waals surface area contributed by atoms with Crippen molar-refractivity contribution < 1.29 is 8.95 Å². The van der Waals surface area contributed by atoms with Gasteiger partial charge in [-0.3, -0.25) is 4.21 Å². The van der Waals surface area contributed by atoms with Crippen LogP contribution < -0.4 is 4.74 Å². The summed E-state index contributed by atoms with van der Waals surface area (Å²) in [6.45, 7) is 5.98. The molecule has 0 aliphatic heterocycles. The lowest BCUT2D eigenvalue weighted by Gasteiger charge is -2.17. The standard InChI is InChI=1S/C12H18O2S/c1-12(2,3)15(13)9-10-5-7-11(14-4)8-6-10/h5-8H,9H2,1-4H3/t15-/m0/s1. The molecule has 0 saturated heterocycles. The Labute approximate surface area is 94.1 Å². The van der Waals surface area contributed by atoms with Gasteiger partial charge in [0.15, 0.2) is 0 Å². The van der Waals surface area contributed by atoms with E-state index in [1.54, 1.807) is 7.11 Å². The Kier molecular flexibility index (Phi) is 3.91.